The van der Waals surface area contributed by atoms with E-state index in [9.17, 15) is 9.59 Å². The van der Waals surface area contributed by atoms with Gasteiger partial charge in [0.1, 0.15) is 11.5 Å². The van der Waals surface area contributed by atoms with Crippen LogP contribution in [0.25, 0.3) is 0 Å². The Labute approximate surface area is 120 Å². The van der Waals surface area contributed by atoms with Crippen LogP contribution in [0.1, 0.15) is 20.7 Å². The molecule has 20 heavy (non-hydrogen) atoms. The molecule has 0 bridgehead atoms. The lowest BCUT2D eigenvalue weighted by Crippen LogP contribution is -2.11. The molecule has 3 nitrogen and oxygen atoms in total. The minimum Gasteiger partial charge on any atom is -0.456 e. The summed E-state index contributed by atoms with van der Waals surface area (Å²) >= 11 is 6.01. The molecule has 0 spiro atoms. The second-order valence-electron chi connectivity index (χ2n) is 4.30. The summed E-state index contributed by atoms with van der Waals surface area (Å²) < 4.78 is 5.64. The average molecular weight is 285 g/mol. The first kappa shape index (κ1) is 12.6. The first-order chi connectivity index (χ1) is 9.65. The van der Waals surface area contributed by atoms with Gasteiger partial charge in [-0.3, -0.25) is 9.59 Å². The molecular formula is C16H9ClO3. The van der Waals surface area contributed by atoms with Crippen molar-refractivity contribution in [3.05, 3.63) is 70.8 Å². The van der Waals surface area contributed by atoms with Crippen molar-refractivity contribution in [3.8, 4) is 11.5 Å². The molecule has 0 fully saturated rings. The molecule has 0 N–H and O–H groups in total. The number of benzene rings is 2. The van der Waals surface area contributed by atoms with Gasteiger partial charge in [-0.2, -0.15) is 0 Å². The lowest BCUT2D eigenvalue weighted by atomic mass is 9.95. The van der Waals surface area contributed by atoms with E-state index < -0.39 is 0 Å². The number of para-hydroxylation sites is 1. The summed E-state index contributed by atoms with van der Waals surface area (Å²) in [6.45, 7) is 0. The molecule has 0 saturated carbocycles. The van der Waals surface area contributed by atoms with Crippen LogP contribution in [0.3, 0.4) is 0 Å². The van der Waals surface area contributed by atoms with Crippen LogP contribution in [0.15, 0.2) is 54.6 Å². The van der Waals surface area contributed by atoms with E-state index in [0.717, 1.165) is 0 Å². The van der Waals surface area contributed by atoms with Crippen molar-refractivity contribution in [1.82, 2.24) is 0 Å². The maximum absolute atomic E-state index is 11.8. The molecule has 1 aliphatic rings. The molecule has 0 radical (unpaired) electrons. The van der Waals surface area contributed by atoms with Crippen LogP contribution < -0.4 is 4.74 Å². The highest BCUT2D eigenvalue weighted by molar-refractivity contribution is 6.32. The van der Waals surface area contributed by atoms with Gasteiger partial charge in [0.15, 0.2) is 11.6 Å². The van der Waals surface area contributed by atoms with E-state index in [1.807, 2.05) is 0 Å². The van der Waals surface area contributed by atoms with Gasteiger partial charge in [0.25, 0.3) is 0 Å². The number of ketones is 2. The lowest BCUT2D eigenvalue weighted by molar-refractivity contribution is 0.0994. The highest BCUT2D eigenvalue weighted by atomic mass is 35.5. The van der Waals surface area contributed by atoms with Crippen LogP contribution in [0.2, 0.25) is 5.02 Å². The maximum atomic E-state index is 11.8. The Morgan fingerprint density at radius 2 is 1.55 bits per heavy atom. The maximum Gasteiger partial charge on any atom is 0.186 e. The molecule has 0 unspecified atom stereocenters. The highest BCUT2D eigenvalue weighted by Crippen LogP contribution is 2.30. The lowest BCUT2D eigenvalue weighted by Gasteiger charge is -2.12. The molecule has 3 rings (SSSR count). The van der Waals surface area contributed by atoms with Gasteiger partial charge in [-0.05, 0) is 42.5 Å². The summed E-state index contributed by atoms with van der Waals surface area (Å²) in [6, 6.07) is 11.8. The Balaban J connectivity index is 1.98. The van der Waals surface area contributed by atoms with E-state index in [-0.39, 0.29) is 11.6 Å². The largest absolute Gasteiger partial charge is 0.456 e. The smallest absolute Gasteiger partial charge is 0.186 e. The molecule has 0 atom stereocenters. The quantitative estimate of drug-likeness (QED) is 0.835. The normalized spacial score (nSPS) is 13.2. The standard InChI is InChI=1S/C16H9ClO3/c17-13-3-1-2-4-16(13)20-10-5-6-11-12(9-10)15(19)8-7-14(11)18/h1-9H. The van der Waals surface area contributed by atoms with Crippen LogP contribution in [0, 0.1) is 0 Å². The molecule has 4 heteroatoms. The molecule has 2 aromatic carbocycles. The number of halogens is 1. The summed E-state index contributed by atoms with van der Waals surface area (Å²) in [5.41, 5.74) is 0.742. The van der Waals surface area contributed by atoms with Gasteiger partial charge in [0.2, 0.25) is 0 Å². The minimum absolute atomic E-state index is 0.177. The number of allylic oxidation sites excluding steroid dienone is 2. The second-order valence-corrected chi connectivity index (χ2v) is 4.71. The SMILES string of the molecule is O=C1C=CC(=O)c2cc(Oc3ccccc3Cl)ccc21. The van der Waals surface area contributed by atoms with E-state index in [4.69, 9.17) is 16.3 Å². The van der Waals surface area contributed by atoms with Gasteiger partial charge in [-0.1, -0.05) is 23.7 Å². The van der Waals surface area contributed by atoms with Crippen molar-refractivity contribution < 1.29 is 14.3 Å². The fourth-order valence-electron chi connectivity index (χ4n) is 1.99. The van der Waals surface area contributed by atoms with Crippen LogP contribution in [-0.2, 0) is 0 Å². The zero-order valence-electron chi connectivity index (χ0n) is 10.3. The first-order valence-electron chi connectivity index (χ1n) is 5.98. The monoisotopic (exact) mass is 284 g/mol. The summed E-state index contributed by atoms with van der Waals surface area (Å²) in [4.78, 5) is 23.4. The number of carbonyl (C=O) groups is 2. The van der Waals surface area contributed by atoms with Gasteiger partial charge in [0.05, 0.1) is 5.02 Å². The Bertz CT molecular complexity index is 747. The third-order valence-corrected chi connectivity index (χ3v) is 3.28. The first-order valence-corrected chi connectivity index (χ1v) is 6.36. The molecule has 98 valence electrons. The van der Waals surface area contributed by atoms with E-state index in [1.165, 1.54) is 12.2 Å². The van der Waals surface area contributed by atoms with Crippen molar-refractivity contribution in [1.29, 1.82) is 0 Å². The minimum atomic E-state index is -0.204. The zero-order chi connectivity index (χ0) is 14.1. The average Bonchev–Trinajstić information content (AvgIpc) is 2.46. The molecule has 2 aromatic rings. The molecule has 0 heterocycles. The number of carbonyl (C=O) groups excluding carboxylic acids is 2. The van der Waals surface area contributed by atoms with Crippen LogP contribution in [0.5, 0.6) is 11.5 Å². The van der Waals surface area contributed by atoms with Crippen molar-refractivity contribution in [2.24, 2.45) is 0 Å². The third kappa shape index (κ3) is 2.24. The molecule has 0 amide bonds. The van der Waals surface area contributed by atoms with Crippen molar-refractivity contribution in [3.63, 3.8) is 0 Å². The van der Waals surface area contributed by atoms with E-state index in [2.05, 4.69) is 0 Å². The highest BCUT2D eigenvalue weighted by Gasteiger charge is 2.19. The number of ether oxygens (including phenoxy) is 1. The van der Waals surface area contributed by atoms with Crippen molar-refractivity contribution >= 4 is 23.2 Å². The van der Waals surface area contributed by atoms with E-state index >= 15 is 0 Å². The number of hydrogen-bond acceptors (Lipinski definition) is 3. The topological polar surface area (TPSA) is 43.4 Å². The van der Waals surface area contributed by atoms with Gasteiger partial charge < -0.3 is 4.74 Å². The zero-order valence-corrected chi connectivity index (χ0v) is 11.1. The van der Waals surface area contributed by atoms with Crippen LogP contribution >= 0.6 is 11.6 Å². The predicted molar refractivity (Wildman–Crippen MR) is 75.8 cm³/mol. The fourth-order valence-corrected chi connectivity index (χ4v) is 2.17. The van der Waals surface area contributed by atoms with E-state index in [1.54, 1.807) is 42.5 Å². The second kappa shape index (κ2) is 4.94. The Kier molecular flexibility index (Phi) is 3.12. The molecular weight excluding hydrogens is 276 g/mol. The summed E-state index contributed by atoms with van der Waals surface area (Å²) in [5, 5.41) is 0.479. The van der Waals surface area contributed by atoms with Crippen molar-refractivity contribution in [2.75, 3.05) is 0 Å². The van der Waals surface area contributed by atoms with Gasteiger partial charge in [-0.25, -0.2) is 0 Å². The van der Waals surface area contributed by atoms with Gasteiger partial charge in [-0.15, -0.1) is 0 Å². The Morgan fingerprint density at radius 1 is 0.850 bits per heavy atom. The molecule has 0 saturated heterocycles. The molecule has 1 aliphatic carbocycles. The summed E-state index contributed by atoms with van der Waals surface area (Å²) in [5.74, 6) is 0.584. The Hall–Kier alpha value is -2.39. The predicted octanol–water partition coefficient (Wildman–Crippen LogP) is 4.07. The Morgan fingerprint density at radius 3 is 2.30 bits per heavy atom. The number of fused-ring (bicyclic) bond motifs is 1. The number of hydrogen-bond donors (Lipinski definition) is 0. The van der Waals surface area contributed by atoms with Gasteiger partial charge in [0, 0.05) is 11.1 Å². The molecule has 0 aliphatic heterocycles. The van der Waals surface area contributed by atoms with Crippen molar-refractivity contribution in [2.45, 2.75) is 0 Å². The summed E-state index contributed by atoms with van der Waals surface area (Å²) in [6.07, 6.45) is 2.54. The van der Waals surface area contributed by atoms with Crippen LogP contribution in [0.4, 0.5) is 0 Å². The molecule has 0 aromatic heterocycles. The summed E-state index contributed by atoms with van der Waals surface area (Å²) in [7, 11) is 0. The fraction of sp³-hybridized carbons (Fsp3) is 0. The van der Waals surface area contributed by atoms with Gasteiger partial charge >= 0.3 is 0 Å². The third-order valence-electron chi connectivity index (χ3n) is 2.97. The van der Waals surface area contributed by atoms with Crippen LogP contribution in [-0.4, -0.2) is 11.6 Å². The van der Waals surface area contributed by atoms with E-state index in [0.29, 0.717) is 27.6 Å². The number of rotatable bonds is 2.